The Kier molecular flexibility index (Phi) is 4.20. The Bertz CT molecular complexity index is 602. The summed E-state index contributed by atoms with van der Waals surface area (Å²) in [5.41, 5.74) is 6.96. The van der Waals surface area contributed by atoms with Crippen molar-refractivity contribution in [3.8, 4) is 5.75 Å². The third-order valence-electron chi connectivity index (χ3n) is 2.45. The number of rotatable bonds is 4. The van der Waals surface area contributed by atoms with E-state index in [0.717, 1.165) is 5.56 Å². The minimum Gasteiger partial charge on any atom is -0.487 e. The van der Waals surface area contributed by atoms with Crippen molar-refractivity contribution in [2.75, 3.05) is 0 Å². The number of aromatic nitrogens is 1. The molecule has 0 bridgehead atoms. The van der Waals surface area contributed by atoms with Crippen LogP contribution in [0.15, 0.2) is 47.9 Å². The minimum atomic E-state index is -0.0245. The molecule has 0 spiro atoms. The lowest BCUT2D eigenvalue weighted by atomic mass is 10.2. The molecule has 0 aliphatic heterocycles. The summed E-state index contributed by atoms with van der Waals surface area (Å²) >= 11 is 5.89. The lowest BCUT2D eigenvalue weighted by Gasteiger charge is -2.10. The zero-order chi connectivity index (χ0) is 13.7. The summed E-state index contributed by atoms with van der Waals surface area (Å²) in [5.74, 6) is 0.418. The zero-order valence-electron chi connectivity index (χ0n) is 9.95. The van der Waals surface area contributed by atoms with E-state index in [0.29, 0.717) is 22.9 Å². The topological polar surface area (TPSA) is 80.7 Å². The molecule has 1 aromatic carbocycles. The second-order valence-electron chi connectivity index (χ2n) is 3.78. The molecule has 0 aliphatic rings. The van der Waals surface area contributed by atoms with E-state index in [9.17, 15) is 0 Å². The number of hydrogen-bond donors (Lipinski definition) is 2. The fourth-order valence-corrected chi connectivity index (χ4v) is 1.76. The van der Waals surface area contributed by atoms with E-state index in [-0.39, 0.29) is 5.84 Å². The molecule has 0 radical (unpaired) electrons. The molecule has 2 rings (SSSR count). The molecule has 0 fully saturated rings. The van der Waals surface area contributed by atoms with Crippen LogP contribution in [0.5, 0.6) is 5.75 Å². The monoisotopic (exact) mass is 277 g/mol. The highest BCUT2D eigenvalue weighted by Crippen LogP contribution is 2.18. The van der Waals surface area contributed by atoms with Gasteiger partial charge in [0, 0.05) is 11.2 Å². The number of ether oxygens (including phenoxy) is 1. The maximum atomic E-state index is 8.70. The number of hydrogen-bond acceptors (Lipinski definition) is 4. The highest BCUT2D eigenvalue weighted by Gasteiger charge is 2.08. The summed E-state index contributed by atoms with van der Waals surface area (Å²) in [6.45, 7) is 0.317. The van der Waals surface area contributed by atoms with Crippen LogP contribution < -0.4 is 10.5 Å². The van der Waals surface area contributed by atoms with Gasteiger partial charge in [0.15, 0.2) is 5.84 Å². The largest absolute Gasteiger partial charge is 0.487 e. The second kappa shape index (κ2) is 6.06. The van der Waals surface area contributed by atoms with Crippen LogP contribution >= 0.6 is 11.6 Å². The number of nitrogens with zero attached hydrogens (tertiary/aromatic N) is 2. The Morgan fingerprint density at radius 1 is 1.42 bits per heavy atom. The number of amidine groups is 1. The van der Waals surface area contributed by atoms with Gasteiger partial charge in [-0.1, -0.05) is 28.9 Å². The van der Waals surface area contributed by atoms with Crippen LogP contribution in [-0.2, 0) is 6.61 Å². The van der Waals surface area contributed by atoms with Crippen LogP contribution in [-0.4, -0.2) is 16.0 Å². The number of nitrogens with two attached hydrogens (primary N) is 1. The van der Waals surface area contributed by atoms with E-state index in [1.54, 1.807) is 24.4 Å². The van der Waals surface area contributed by atoms with Crippen molar-refractivity contribution in [2.24, 2.45) is 10.9 Å². The SMILES string of the molecule is N/C(=N/O)c1ccncc1OCc1cccc(Cl)c1. The fourth-order valence-electron chi connectivity index (χ4n) is 1.55. The maximum Gasteiger partial charge on any atom is 0.173 e. The second-order valence-corrected chi connectivity index (χ2v) is 4.21. The van der Waals surface area contributed by atoms with Gasteiger partial charge in [-0.2, -0.15) is 0 Å². The first-order valence-electron chi connectivity index (χ1n) is 5.50. The number of oxime groups is 1. The van der Waals surface area contributed by atoms with Crippen molar-refractivity contribution in [3.63, 3.8) is 0 Å². The maximum absolute atomic E-state index is 8.70. The van der Waals surface area contributed by atoms with Gasteiger partial charge in [0.05, 0.1) is 11.8 Å². The van der Waals surface area contributed by atoms with Gasteiger partial charge in [-0.15, -0.1) is 0 Å². The molecule has 1 heterocycles. The quantitative estimate of drug-likeness (QED) is 0.389. The third kappa shape index (κ3) is 3.35. The summed E-state index contributed by atoms with van der Waals surface area (Å²) in [6, 6.07) is 8.94. The summed E-state index contributed by atoms with van der Waals surface area (Å²) < 4.78 is 5.61. The van der Waals surface area contributed by atoms with Gasteiger partial charge >= 0.3 is 0 Å². The van der Waals surface area contributed by atoms with Crippen molar-refractivity contribution < 1.29 is 9.94 Å². The average Bonchev–Trinajstić information content (AvgIpc) is 2.45. The molecule has 6 heteroatoms. The van der Waals surface area contributed by atoms with Crippen molar-refractivity contribution in [3.05, 3.63) is 58.9 Å². The van der Waals surface area contributed by atoms with Crippen molar-refractivity contribution in [2.45, 2.75) is 6.61 Å². The normalized spacial score (nSPS) is 11.3. The van der Waals surface area contributed by atoms with Crippen LogP contribution in [0.2, 0.25) is 5.02 Å². The van der Waals surface area contributed by atoms with Gasteiger partial charge in [-0.25, -0.2) is 0 Å². The highest BCUT2D eigenvalue weighted by molar-refractivity contribution is 6.30. The van der Waals surface area contributed by atoms with Crippen LogP contribution in [0.25, 0.3) is 0 Å². The molecule has 0 atom stereocenters. The van der Waals surface area contributed by atoms with Crippen molar-refractivity contribution in [1.82, 2.24) is 4.98 Å². The molecule has 5 nitrogen and oxygen atoms in total. The van der Waals surface area contributed by atoms with E-state index in [2.05, 4.69) is 10.1 Å². The van der Waals surface area contributed by atoms with E-state index in [1.807, 2.05) is 12.1 Å². The zero-order valence-corrected chi connectivity index (χ0v) is 10.7. The van der Waals surface area contributed by atoms with E-state index >= 15 is 0 Å². The Hall–Kier alpha value is -2.27. The van der Waals surface area contributed by atoms with Crippen molar-refractivity contribution >= 4 is 17.4 Å². The number of benzene rings is 1. The standard InChI is InChI=1S/C13H12ClN3O2/c14-10-3-1-2-9(6-10)8-19-12-7-16-5-4-11(12)13(15)17-18/h1-7,18H,8H2,(H2,15,17). The van der Waals surface area contributed by atoms with E-state index in [1.165, 1.54) is 6.20 Å². The highest BCUT2D eigenvalue weighted by atomic mass is 35.5. The molecular weight excluding hydrogens is 266 g/mol. The van der Waals surface area contributed by atoms with Gasteiger partial charge in [0.1, 0.15) is 12.4 Å². The lowest BCUT2D eigenvalue weighted by Crippen LogP contribution is -2.15. The average molecular weight is 278 g/mol. The Morgan fingerprint density at radius 2 is 2.26 bits per heavy atom. The third-order valence-corrected chi connectivity index (χ3v) is 2.69. The van der Waals surface area contributed by atoms with Gasteiger partial charge in [-0.05, 0) is 23.8 Å². The van der Waals surface area contributed by atoms with Gasteiger partial charge < -0.3 is 15.7 Å². The Morgan fingerprint density at radius 3 is 3.00 bits per heavy atom. The van der Waals surface area contributed by atoms with Crippen LogP contribution in [0.3, 0.4) is 0 Å². The van der Waals surface area contributed by atoms with E-state index < -0.39 is 0 Å². The summed E-state index contributed by atoms with van der Waals surface area (Å²) in [6.07, 6.45) is 3.05. The first kappa shape index (κ1) is 13.2. The molecule has 19 heavy (non-hydrogen) atoms. The van der Waals surface area contributed by atoms with Gasteiger partial charge in [0.2, 0.25) is 0 Å². The predicted octanol–water partition coefficient (Wildman–Crippen LogP) is 2.41. The number of halogens is 1. The fraction of sp³-hybridized carbons (Fsp3) is 0.0769. The molecule has 2 aromatic rings. The first-order chi connectivity index (χ1) is 9.20. The molecule has 1 aromatic heterocycles. The predicted molar refractivity (Wildman–Crippen MR) is 72.5 cm³/mol. The van der Waals surface area contributed by atoms with Crippen LogP contribution in [0.1, 0.15) is 11.1 Å². The minimum absolute atomic E-state index is 0.0245. The summed E-state index contributed by atoms with van der Waals surface area (Å²) in [7, 11) is 0. The first-order valence-corrected chi connectivity index (χ1v) is 5.87. The van der Waals surface area contributed by atoms with Crippen LogP contribution in [0.4, 0.5) is 0 Å². The smallest absolute Gasteiger partial charge is 0.173 e. The summed E-state index contributed by atoms with van der Waals surface area (Å²) in [4.78, 5) is 3.95. The lowest BCUT2D eigenvalue weighted by molar-refractivity contribution is 0.302. The molecular formula is C13H12ClN3O2. The molecule has 0 saturated carbocycles. The van der Waals surface area contributed by atoms with Crippen LogP contribution in [0, 0.1) is 0 Å². The Balaban J connectivity index is 2.16. The molecule has 98 valence electrons. The van der Waals surface area contributed by atoms with Gasteiger partial charge in [0.25, 0.3) is 0 Å². The molecule has 3 N–H and O–H groups in total. The Labute approximate surface area is 115 Å². The number of pyridine rings is 1. The van der Waals surface area contributed by atoms with Crippen molar-refractivity contribution in [1.29, 1.82) is 0 Å². The van der Waals surface area contributed by atoms with Gasteiger partial charge in [-0.3, -0.25) is 4.98 Å². The molecule has 0 saturated heterocycles. The van der Waals surface area contributed by atoms with E-state index in [4.69, 9.17) is 27.3 Å². The summed E-state index contributed by atoms with van der Waals surface area (Å²) in [5, 5.41) is 12.3. The molecule has 0 amide bonds. The molecule has 0 aliphatic carbocycles. The molecule has 0 unspecified atom stereocenters.